The van der Waals surface area contributed by atoms with Crippen LogP contribution in [0.5, 0.6) is 0 Å². The molecule has 17 heavy (non-hydrogen) atoms. The minimum Gasteiger partial charge on any atom is -0.284 e. The Kier molecular flexibility index (Phi) is 5.77. The van der Waals surface area contributed by atoms with Gasteiger partial charge in [0.25, 0.3) is 0 Å². The first-order chi connectivity index (χ1) is 8.20. The fraction of sp³-hybridized carbons (Fsp3) is 0.300. The van der Waals surface area contributed by atoms with Crippen LogP contribution in [0.2, 0.25) is 0 Å². The van der Waals surface area contributed by atoms with Crippen molar-refractivity contribution < 1.29 is 23.4 Å². The molecule has 0 fully saturated rings. The summed E-state index contributed by atoms with van der Waals surface area (Å²) in [7, 11) is -3.92. The van der Waals surface area contributed by atoms with Gasteiger partial charge in [0, 0.05) is 0 Å². The second-order valence-corrected chi connectivity index (χ2v) is 4.44. The highest BCUT2D eigenvalue weighted by Gasteiger charge is 2.26. The fourth-order valence-electron chi connectivity index (χ4n) is 0.967. The molecule has 7 heteroatoms. The van der Waals surface area contributed by atoms with Gasteiger partial charge < -0.3 is 0 Å². The standard InChI is InChI=1S/C10H12NO5P/c1-2-14-16-17(13,11-9-12)15-8-10-6-4-3-5-7-10/h3-7H,2,8H2,1H3. The van der Waals surface area contributed by atoms with E-state index in [1.165, 1.54) is 0 Å². The Labute approximate surface area is 98.7 Å². The first-order valence-electron chi connectivity index (χ1n) is 4.89. The molecule has 0 aliphatic rings. The number of hydrogen-bond acceptors (Lipinski definition) is 5. The molecule has 0 N–H and O–H groups in total. The van der Waals surface area contributed by atoms with Gasteiger partial charge in [-0.15, -0.1) is 4.67 Å². The first kappa shape index (κ1) is 13.8. The number of nitrogens with zero attached hydrogens (tertiary/aromatic N) is 1. The lowest BCUT2D eigenvalue weighted by Crippen LogP contribution is -1.96. The molecule has 92 valence electrons. The summed E-state index contributed by atoms with van der Waals surface area (Å²) in [6.45, 7) is 1.79. The minimum atomic E-state index is -3.92. The van der Waals surface area contributed by atoms with E-state index in [2.05, 4.69) is 14.3 Å². The van der Waals surface area contributed by atoms with E-state index < -0.39 is 7.75 Å². The van der Waals surface area contributed by atoms with Gasteiger partial charge >= 0.3 is 7.75 Å². The molecule has 0 saturated carbocycles. The van der Waals surface area contributed by atoms with Crippen LogP contribution in [-0.4, -0.2) is 12.7 Å². The van der Waals surface area contributed by atoms with Crippen LogP contribution in [0, 0.1) is 0 Å². The van der Waals surface area contributed by atoms with Crippen molar-refractivity contribution >= 4 is 13.8 Å². The zero-order valence-corrected chi connectivity index (χ0v) is 10.1. The van der Waals surface area contributed by atoms with Gasteiger partial charge in [-0.3, -0.25) is 4.52 Å². The third-order valence-corrected chi connectivity index (χ3v) is 2.74. The van der Waals surface area contributed by atoms with E-state index in [9.17, 15) is 9.36 Å². The van der Waals surface area contributed by atoms with Crippen molar-refractivity contribution in [3.63, 3.8) is 0 Å². The Morgan fingerprint density at radius 1 is 1.35 bits per heavy atom. The summed E-state index contributed by atoms with van der Waals surface area (Å²) in [5.41, 5.74) is 0.772. The smallest absolute Gasteiger partial charge is 0.284 e. The zero-order chi connectivity index (χ0) is 12.6. The molecule has 1 aromatic rings. The summed E-state index contributed by atoms with van der Waals surface area (Å²) in [4.78, 5) is 14.6. The van der Waals surface area contributed by atoms with Gasteiger partial charge in [-0.1, -0.05) is 35.1 Å². The van der Waals surface area contributed by atoms with Crippen molar-refractivity contribution in [2.24, 2.45) is 4.76 Å². The maximum Gasteiger partial charge on any atom is 0.491 e. The van der Waals surface area contributed by atoms with E-state index in [0.29, 0.717) is 0 Å². The lowest BCUT2D eigenvalue weighted by Gasteiger charge is -2.10. The number of isocyanates is 1. The molecule has 0 aliphatic heterocycles. The van der Waals surface area contributed by atoms with Crippen molar-refractivity contribution in [2.75, 3.05) is 6.61 Å². The molecule has 0 aromatic heterocycles. The van der Waals surface area contributed by atoms with E-state index in [1.807, 2.05) is 6.07 Å². The van der Waals surface area contributed by atoms with E-state index >= 15 is 0 Å². The van der Waals surface area contributed by atoms with Crippen LogP contribution in [0.4, 0.5) is 0 Å². The number of rotatable bonds is 7. The summed E-state index contributed by atoms with van der Waals surface area (Å²) in [5.74, 6) is 0. The summed E-state index contributed by atoms with van der Waals surface area (Å²) in [5, 5.41) is 0. The maximum absolute atomic E-state index is 11.7. The highest BCUT2D eigenvalue weighted by Crippen LogP contribution is 2.50. The average Bonchev–Trinajstić information content (AvgIpc) is 2.36. The monoisotopic (exact) mass is 257 g/mol. The van der Waals surface area contributed by atoms with Gasteiger partial charge in [0.1, 0.15) is 0 Å². The van der Waals surface area contributed by atoms with E-state index in [1.54, 1.807) is 31.2 Å². The number of benzene rings is 1. The number of hydrogen-bond donors (Lipinski definition) is 0. The third kappa shape index (κ3) is 5.04. The second-order valence-electron chi connectivity index (χ2n) is 2.90. The van der Waals surface area contributed by atoms with Gasteiger partial charge in [-0.05, 0) is 12.5 Å². The predicted octanol–water partition coefficient (Wildman–Crippen LogP) is 2.62. The van der Waals surface area contributed by atoms with Crippen LogP contribution in [-0.2, 0) is 30.1 Å². The summed E-state index contributed by atoms with van der Waals surface area (Å²) >= 11 is 0. The van der Waals surface area contributed by atoms with Crippen molar-refractivity contribution in [3.8, 4) is 0 Å². The Bertz CT molecular complexity index is 430. The van der Waals surface area contributed by atoms with Crippen molar-refractivity contribution in [2.45, 2.75) is 13.5 Å². The molecule has 0 amide bonds. The second kappa shape index (κ2) is 7.12. The quantitative estimate of drug-likeness (QED) is 0.247. The zero-order valence-electron chi connectivity index (χ0n) is 9.24. The molecular formula is C10H12NO5P. The Morgan fingerprint density at radius 2 is 2.06 bits per heavy atom. The molecular weight excluding hydrogens is 245 g/mol. The van der Waals surface area contributed by atoms with Gasteiger partial charge in [0.15, 0.2) is 0 Å². The molecule has 0 spiro atoms. The largest absolute Gasteiger partial charge is 0.491 e. The average molecular weight is 257 g/mol. The fourth-order valence-corrected chi connectivity index (χ4v) is 1.75. The van der Waals surface area contributed by atoms with Crippen LogP contribution in [0.3, 0.4) is 0 Å². The SMILES string of the molecule is CCOOP(=O)(N=C=O)OCc1ccccc1. The summed E-state index contributed by atoms with van der Waals surface area (Å²) < 4.78 is 24.1. The van der Waals surface area contributed by atoms with Crippen molar-refractivity contribution in [3.05, 3.63) is 35.9 Å². The van der Waals surface area contributed by atoms with Crippen LogP contribution in [0.1, 0.15) is 12.5 Å². The summed E-state index contributed by atoms with van der Waals surface area (Å²) in [6, 6.07) is 8.99. The minimum absolute atomic E-state index is 0.00360. The van der Waals surface area contributed by atoms with Gasteiger partial charge in [-0.25, -0.2) is 14.2 Å². The molecule has 1 rings (SSSR count). The maximum atomic E-state index is 11.7. The molecule has 0 aliphatic carbocycles. The highest BCUT2D eigenvalue weighted by atomic mass is 31.2. The molecule has 1 aromatic carbocycles. The molecule has 0 radical (unpaired) electrons. The van der Waals surface area contributed by atoms with Crippen LogP contribution < -0.4 is 0 Å². The van der Waals surface area contributed by atoms with Gasteiger partial charge in [-0.2, -0.15) is 0 Å². The Morgan fingerprint density at radius 3 is 2.65 bits per heavy atom. The normalized spacial score (nSPS) is 13.7. The molecule has 6 nitrogen and oxygen atoms in total. The van der Waals surface area contributed by atoms with E-state index in [0.717, 1.165) is 11.6 Å². The summed E-state index contributed by atoms with van der Waals surface area (Å²) in [6.07, 6.45) is 1.14. The van der Waals surface area contributed by atoms with E-state index in [4.69, 9.17) is 4.52 Å². The molecule has 1 unspecified atom stereocenters. The van der Waals surface area contributed by atoms with Crippen molar-refractivity contribution in [1.29, 1.82) is 0 Å². The third-order valence-electron chi connectivity index (χ3n) is 1.67. The molecule has 0 heterocycles. The van der Waals surface area contributed by atoms with Crippen LogP contribution in [0.15, 0.2) is 35.1 Å². The topological polar surface area (TPSA) is 74.2 Å². The molecule has 1 atom stereocenters. The number of carbonyl (C=O) groups excluding carboxylic acids is 1. The van der Waals surface area contributed by atoms with Gasteiger partial charge in [0.05, 0.1) is 13.2 Å². The lowest BCUT2D eigenvalue weighted by molar-refractivity contribution is -0.211. The molecule has 0 saturated heterocycles. The Balaban J connectivity index is 2.61. The molecule has 0 bridgehead atoms. The van der Waals surface area contributed by atoms with E-state index in [-0.39, 0.29) is 13.2 Å². The van der Waals surface area contributed by atoms with Crippen molar-refractivity contribution in [1.82, 2.24) is 0 Å². The highest BCUT2D eigenvalue weighted by molar-refractivity contribution is 7.52. The van der Waals surface area contributed by atoms with Crippen LogP contribution >= 0.6 is 7.75 Å². The predicted molar refractivity (Wildman–Crippen MR) is 59.7 cm³/mol. The lowest BCUT2D eigenvalue weighted by atomic mass is 10.2. The van der Waals surface area contributed by atoms with Gasteiger partial charge in [0.2, 0.25) is 6.08 Å². The Hall–Kier alpha value is -1.29. The van der Waals surface area contributed by atoms with Crippen LogP contribution in [0.25, 0.3) is 0 Å². The first-order valence-corrected chi connectivity index (χ1v) is 6.39.